The van der Waals surface area contributed by atoms with Crippen LogP contribution < -0.4 is 0 Å². The SMILES string of the molecule is Brc1ccccc1.C=O. The van der Waals surface area contributed by atoms with Gasteiger partial charge in [-0.15, -0.1) is 0 Å². The summed E-state index contributed by atoms with van der Waals surface area (Å²) >= 11 is 3.31. The monoisotopic (exact) mass is 186 g/mol. The smallest absolute Gasteiger partial charge is 0.106 e. The molecule has 1 rings (SSSR count). The zero-order valence-electron chi connectivity index (χ0n) is 4.88. The van der Waals surface area contributed by atoms with Gasteiger partial charge in [0, 0.05) is 4.47 Å². The Hall–Kier alpha value is -0.630. The van der Waals surface area contributed by atoms with E-state index in [0.29, 0.717) is 0 Å². The van der Waals surface area contributed by atoms with Crippen LogP contribution in [0.3, 0.4) is 0 Å². The highest BCUT2D eigenvalue weighted by atomic mass is 79.9. The molecule has 9 heavy (non-hydrogen) atoms. The molecule has 0 aliphatic rings. The van der Waals surface area contributed by atoms with Gasteiger partial charge in [0.2, 0.25) is 0 Å². The first-order chi connectivity index (χ1) is 4.39. The topological polar surface area (TPSA) is 17.1 Å². The third-order valence-electron chi connectivity index (χ3n) is 0.733. The summed E-state index contributed by atoms with van der Waals surface area (Å²) in [6.45, 7) is 2.00. The quantitative estimate of drug-likeness (QED) is 0.608. The predicted molar refractivity (Wildman–Crippen MR) is 41.3 cm³/mol. The zero-order chi connectivity index (χ0) is 7.11. The zero-order valence-corrected chi connectivity index (χ0v) is 6.47. The van der Waals surface area contributed by atoms with Gasteiger partial charge in [-0.25, -0.2) is 0 Å². The van der Waals surface area contributed by atoms with Gasteiger partial charge >= 0.3 is 0 Å². The first-order valence-electron chi connectivity index (χ1n) is 2.39. The van der Waals surface area contributed by atoms with Crippen molar-refractivity contribution < 1.29 is 4.79 Å². The average molecular weight is 187 g/mol. The second kappa shape index (κ2) is 5.51. The van der Waals surface area contributed by atoms with Gasteiger partial charge in [0.15, 0.2) is 0 Å². The lowest BCUT2D eigenvalue weighted by atomic mass is 10.4. The molecule has 0 spiro atoms. The molecule has 0 aromatic heterocycles. The molecule has 0 saturated heterocycles. The van der Waals surface area contributed by atoms with Crippen LogP contribution in [0.25, 0.3) is 0 Å². The van der Waals surface area contributed by atoms with Crippen molar-refractivity contribution in [2.45, 2.75) is 0 Å². The molecule has 1 nitrogen and oxygen atoms in total. The van der Waals surface area contributed by atoms with E-state index >= 15 is 0 Å². The molecule has 0 N–H and O–H groups in total. The highest BCUT2D eigenvalue weighted by Crippen LogP contribution is 2.05. The number of carbonyl (C=O) groups excluding carboxylic acids is 1. The van der Waals surface area contributed by atoms with Crippen LogP contribution in [0.2, 0.25) is 0 Å². The molecule has 48 valence electrons. The van der Waals surface area contributed by atoms with Crippen molar-refractivity contribution in [3.63, 3.8) is 0 Å². The Kier molecular flexibility index (Phi) is 5.12. The molecule has 0 fully saturated rings. The van der Waals surface area contributed by atoms with E-state index in [0.717, 1.165) is 4.47 Å². The van der Waals surface area contributed by atoms with Crippen LogP contribution in [0.1, 0.15) is 0 Å². The molecule has 0 bridgehead atoms. The van der Waals surface area contributed by atoms with Crippen molar-refractivity contribution in [2.75, 3.05) is 0 Å². The van der Waals surface area contributed by atoms with Gasteiger partial charge in [-0.1, -0.05) is 34.1 Å². The van der Waals surface area contributed by atoms with E-state index in [1.807, 2.05) is 37.1 Å². The summed E-state index contributed by atoms with van der Waals surface area (Å²) < 4.78 is 1.13. The number of rotatable bonds is 0. The fourth-order valence-electron chi connectivity index (χ4n) is 0.415. The molecule has 1 aromatic rings. The number of benzene rings is 1. The number of carbonyl (C=O) groups is 1. The van der Waals surface area contributed by atoms with Gasteiger partial charge in [0.25, 0.3) is 0 Å². The first kappa shape index (κ1) is 8.37. The Bertz CT molecular complexity index is 150. The summed E-state index contributed by atoms with van der Waals surface area (Å²) in [4.78, 5) is 8.00. The Morgan fingerprint density at radius 1 is 1.11 bits per heavy atom. The summed E-state index contributed by atoms with van der Waals surface area (Å²) in [5.41, 5.74) is 0. The van der Waals surface area contributed by atoms with E-state index in [4.69, 9.17) is 4.79 Å². The van der Waals surface area contributed by atoms with Gasteiger partial charge in [0.1, 0.15) is 6.79 Å². The highest BCUT2D eigenvalue weighted by molar-refractivity contribution is 9.10. The Morgan fingerprint density at radius 2 is 1.56 bits per heavy atom. The van der Waals surface area contributed by atoms with Crippen molar-refractivity contribution >= 4 is 22.7 Å². The first-order valence-corrected chi connectivity index (χ1v) is 3.18. The van der Waals surface area contributed by atoms with Crippen LogP contribution in [0.15, 0.2) is 34.8 Å². The van der Waals surface area contributed by atoms with Crippen molar-refractivity contribution in [1.82, 2.24) is 0 Å². The highest BCUT2D eigenvalue weighted by Gasteiger charge is 1.74. The van der Waals surface area contributed by atoms with E-state index in [-0.39, 0.29) is 0 Å². The second-order valence-electron chi connectivity index (χ2n) is 1.30. The molecule has 1 aromatic carbocycles. The van der Waals surface area contributed by atoms with Crippen molar-refractivity contribution in [1.29, 1.82) is 0 Å². The summed E-state index contributed by atoms with van der Waals surface area (Å²) in [6.07, 6.45) is 0. The Balaban J connectivity index is 0.000000291. The molecule has 0 atom stereocenters. The van der Waals surface area contributed by atoms with Crippen LogP contribution in [0.4, 0.5) is 0 Å². The number of hydrogen-bond acceptors (Lipinski definition) is 1. The maximum atomic E-state index is 8.00. The molecule has 0 aliphatic carbocycles. The van der Waals surface area contributed by atoms with Crippen LogP contribution in [-0.2, 0) is 4.79 Å². The molecule has 0 aliphatic heterocycles. The van der Waals surface area contributed by atoms with E-state index in [1.165, 1.54) is 0 Å². The number of halogens is 1. The van der Waals surface area contributed by atoms with Gasteiger partial charge in [-0.3, -0.25) is 0 Å². The van der Waals surface area contributed by atoms with E-state index in [2.05, 4.69) is 15.9 Å². The van der Waals surface area contributed by atoms with Crippen LogP contribution in [-0.4, -0.2) is 6.79 Å². The summed E-state index contributed by atoms with van der Waals surface area (Å²) in [6, 6.07) is 9.97. The summed E-state index contributed by atoms with van der Waals surface area (Å²) in [7, 11) is 0. The summed E-state index contributed by atoms with van der Waals surface area (Å²) in [5.74, 6) is 0. The third-order valence-corrected chi connectivity index (χ3v) is 1.26. The minimum atomic E-state index is 1.13. The van der Waals surface area contributed by atoms with Gasteiger partial charge in [-0.05, 0) is 12.1 Å². The maximum Gasteiger partial charge on any atom is 0.106 e. The van der Waals surface area contributed by atoms with Crippen molar-refractivity contribution in [3.8, 4) is 0 Å². The minimum Gasteiger partial charge on any atom is -0.307 e. The molecular formula is C7H7BrO. The lowest BCUT2D eigenvalue weighted by molar-refractivity contribution is -0.0979. The average Bonchev–Trinajstić information content (AvgIpc) is 1.94. The molecule has 0 saturated carbocycles. The maximum absolute atomic E-state index is 8.00. The minimum absolute atomic E-state index is 1.13. The second-order valence-corrected chi connectivity index (χ2v) is 2.21. The van der Waals surface area contributed by atoms with E-state index < -0.39 is 0 Å². The fraction of sp³-hybridized carbons (Fsp3) is 0. The van der Waals surface area contributed by atoms with Crippen LogP contribution >= 0.6 is 15.9 Å². The van der Waals surface area contributed by atoms with E-state index in [1.54, 1.807) is 0 Å². The van der Waals surface area contributed by atoms with Crippen LogP contribution in [0.5, 0.6) is 0 Å². The summed E-state index contributed by atoms with van der Waals surface area (Å²) in [5, 5.41) is 0. The molecule has 0 heterocycles. The molecule has 0 radical (unpaired) electrons. The van der Waals surface area contributed by atoms with Crippen molar-refractivity contribution in [3.05, 3.63) is 34.8 Å². The van der Waals surface area contributed by atoms with Gasteiger partial charge < -0.3 is 4.79 Å². The van der Waals surface area contributed by atoms with Crippen molar-refractivity contribution in [2.24, 2.45) is 0 Å². The van der Waals surface area contributed by atoms with Crippen LogP contribution in [0, 0.1) is 0 Å². The Morgan fingerprint density at radius 3 is 1.78 bits per heavy atom. The van der Waals surface area contributed by atoms with Gasteiger partial charge in [-0.2, -0.15) is 0 Å². The third kappa shape index (κ3) is 3.91. The molecule has 0 unspecified atom stereocenters. The Labute approximate surface area is 62.8 Å². The molecular weight excluding hydrogens is 180 g/mol. The molecule has 0 amide bonds. The van der Waals surface area contributed by atoms with E-state index in [9.17, 15) is 0 Å². The number of hydrogen-bond donors (Lipinski definition) is 0. The largest absolute Gasteiger partial charge is 0.307 e. The lowest BCUT2D eigenvalue weighted by Crippen LogP contribution is -1.55. The standard InChI is InChI=1S/C6H5Br.CH2O/c7-6-4-2-1-3-5-6;1-2/h1-5H;1H2. The fourth-order valence-corrected chi connectivity index (χ4v) is 0.720. The van der Waals surface area contributed by atoms with Gasteiger partial charge in [0.05, 0.1) is 0 Å². The lowest BCUT2D eigenvalue weighted by Gasteiger charge is -1.80. The normalized spacial score (nSPS) is 7.22. The predicted octanol–water partition coefficient (Wildman–Crippen LogP) is 2.26. The molecule has 2 heteroatoms.